The molecule has 5 rings (SSSR count). The van der Waals surface area contributed by atoms with Crippen LogP contribution >= 0.6 is 23.4 Å². The highest BCUT2D eigenvalue weighted by molar-refractivity contribution is 8.27. The number of thioether (sulfide) groups is 1. The average Bonchev–Trinajstić information content (AvgIpc) is 3.51. The Morgan fingerprint density at radius 3 is 2.74 bits per heavy atom. The molecule has 0 bridgehead atoms. The minimum absolute atomic E-state index is 0.0197. The summed E-state index contributed by atoms with van der Waals surface area (Å²) >= 11 is 7.35. The van der Waals surface area contributed by atoms with Gasteiger partial charge in [0.2, 0.25) is 11.1 Å². The average molecular weight is 495 g/mol. The van der Waals surface area contributed by atoms with E-state index in [-0.39, 0.29) is 23.7 Å². The normalized spacial score (nSPS) is 19.1. The van der Waals surface area contributed by atoms with E-state index < -0.39 is 5.91 Å². The minimum Gasteiger partial charge on any atom is -0.342 e. The Bertz CT molecular complexity index is 1320. The van der Waals surface area contributed by atoms with E-state index in [1.54, 1.807) is 6.08 Å². The number of rotatable bonds is 4. The van der Waals surface area contributed by atoms with Crippen LogP contribution in [0.15, 0.2) is 46.0 Å². The number of nitrogens with zero attached hydrogens (tertiary/aromatic N) is 5. The first-order chi connectivity index (χ1) is 16.3. The molecular weight excluding hydrogens is 472 g/mol. The van der Waals surface area contributed by atoms with Gasteiger partial charge in [-0.15, -0.1) is 0 Å². The summed E-state index contributed by atoms with van der Waals surface area (Å²) in [5.74, 6) is -0.511. The van der Waals surface area contributed by atoms with Crippen LogP contribution in [0.3, 0.4) is 0 Å². The molecule has 1 saturated heterocycles. The monoisotopic (exact) mass is 494 g/mol. The smallest absolute Gasteiger partial charge is 0.283 e. The Labute approximate surface area is 206 Å². The third kappa shape index (κ3) is 4.10. The topological polar surface area (TPSA) is 94.1 Å². The first-order valence-corrected chi connectivity index (χ1v) is 12.2. The quantitative estimate of drug-likeness (QED) is 0.638. The van der Waals surface area contributed by atoms with Gasteiger partial charge in [0, 0.05) is 35.2 Å². The number of hydrogen-bond donors (Lipinski definition) is 1. The highest BCUT2D eigenvalue weighted by Crippen LogP contribution is 2.31. The van der Waals surface area contributed by atoms with Crippen LogP contribution in [0.4, 0.5) is 0 Å². The number of amidine groups is 2. The summed E-state index contributed by atoms with van der Waals surface area (Å²) in [6, 6.07) is 9.52. The number of carbonyl (C=O) groups is 2. The van der Waals surface area contributed by atoms with Gasteiger partial charge in [-0.2, -0.15) is 15.1 Å². The molecule has 0 radical (unpaired) electrons. The van der Waals surface area contributed by atoms with Crippen LogP contribution in [0.5, 0.6) is 0 Å². The summed E-state index contributed by atoms with van der Waals surface area (Å²) in [4.78, 5) is 31.3. The second kappa shape index (κ2) is 8.88. The third-order valence-corrected chi connectivity index (χ3v) is 7.24. The van der Waals surface area contributed by atoms with Crippen LogP contribution in [0.25, 0.3) is 11.8 Å². The Morgan fingerprint density at radius 1 is 1.24 bits per heavy atom. The summed E-state index contributed by atoms with van der Waals surface area (Å²) in [7, 11) is 0. The van der Waals surface area contributed by atoms with E-state index in [4.69, 9.17) is 17.0 Å². The van der Waals surface area contributed by atoms with Crippen LogP contribution in [0, 0.1) is 19.3 Å². The highest BCUT2D eigenvalue weighted by atomic mass is 35.5. The molecule has 0 spiro atoms. The third-order valence-electron chi connectivity index (χ3n) is 6.09. The zero-order valence-corrected chi connectivity index (χ0v) is 20.4. The fourth-order valence-corrected chi connectivity index (χ4v) is 5.47. The Balaban J connectivity index is 1.42. The van der Waals surface area contributed by atoms with Crippen molar-refractivity contribution in [1.82, 2.24) is 14.5 Å². The molecule has 8 nitrogen and oxygen atoms in total. The van der Waals surface area contributed by atoms with E-state index in [1.807, 2.05) is 49.1 Å². The van der Waals surface area contributed by atoms with E-state index in [0.717, 1.165) is 48.6 Å². The van der Waals surface area contributed by atoms with Crippen molar-refractivity contribution in [1.29, 1.82) is 5.41 Å². The van der Waals surface area contributed by atoms with Crippen molar-refractivity contribution in [3.63, 3.8) is 0 Å². The summed E-state index contributed by atoms with van der Waals surface area (Å²) in [6.45, 7) is 5.48. The van der Waals surface area contributed by atoms with Crippen LogP contribution in [0.2, 0.25) is 5.02 Å². The molecule has 3 aliphatic rings. The van der Waals surface area contributed by atoms with Gasteiger partial charge in [-0.1, -0.05) is 17.7 Å². The van der Waals surface area contributed by atoms with Crippen LogP contribution in [-0.2, 0) is 9.59 Å². The van der Waals surface area contributed by atoms with Gasteiger partial charge in [-0.05, 0) is 74.4 Å². The molecule has 1 N–H and O–H groups in total. The number of halogens is 1. The van der Waals surface area contributed by atoms with Crippen molar-refractivity contribution in [2.75, 3.05) is 13.1 Å². The predicted octanol–water partition coefficient (Wildman–Crippen LogP) is 4.38. The number of carbonyl (C=O) groups excluding carboxylic acids is 2. The first kappa shape index (κ1) is 22.6. The number of fused-ring (bicyclic) bond motifs is 1. The summed E-state index contributed by atoms with van der Waals surface area (Å²) in [6.07, 6.45) is 3.88. The van der Waals surface area contributed by atoms with Crippen LogP contribution in [0.1, 0.15) is 36.2 Å². The maximum atomic E-state index is 12.8. The number of amides is 2. The van der Waals surface area contributed by atoms with Gasteiger partial charge in [-0.3, -0.25) is 15.0 Å². The molecule has 10 heteroatoms. The second-order valence-corrected chi connectivity index (χ2v) is 9.90. The summed E-state index contributed by atoms with van der Waals surface area (Å²) in [5, 5.41) is 15.9. The largest absolute Gasteiger partial charge is 0.342 e. The summed E-state index contributed by atoms with van der Waals surface area (Å²) < 4.78 is 2.05. The lowest BCUT2D eigenvalue weighted by Gasteiger charge is -2.20. The van der Waals surface area contributed by atoms with Crippen molar-refractivity contribution < 1.29 is 9.59 Å². The van der Waals surface area contributed by atoms with E-state index in [1.165, 1.54) is 16.8 Å². The predicted molar refractivity (Wildman–Crippen MR) is 136 cm³/mol. The molecule has 34 heavy (non-hydrogen) atoms. The van der Waals surface area contributed by atoms with Crippen molar-refractivity contribution >= 4 is 57.3 Å². The van der Waals surface area contributed by atoms with Gasteiger partial charge >= 0.3 is 0 Å². The molecule has 0 atom stereocenters. The van der Waals surface area contributed by atoms with Crippen molar-refractivity contribution in [3.05, 3.63) is 57.9 Å². The van der Waals surface area contributed by atoms with Crippen LogP contribution in [-0.4, -0.2) is 55.4 Å². The molecule has 2 amide bonds. The molecule has 0 unspecified atom stereocenters. The maximum Gasteiger partial charge on any atom is 0.283 e. The number of aliphatic imine (C=N–C) groups is 1. The molecule has 0 aliphatic carbocycles. The number of aromatic nitrogens is 1. The Hall–Kier alpha value is -3.17. The Morgan fingerprint density at radius 2 is 2.00 bits per heavy atom. The highest BCUT2D eigenvalue weighted by Gasteiger charge is 2.36. The van der Waals surface area contributed by atoms with Gasteiger partial charge in [0.1, 0.15) is 5.04 Å². The zero-order chi connectivity index (χ0) is 24.0. The SMILES string of the molecule is Cc1cc(/C=C2/C(=N)N3N=C(CC(=O)N4CCCC4)SC3=NC2=O)c(C)n1-c1cccc(Cl)c1. The minimum atomic E-state index is -0.487. The van der Waals surface area contributed by atoms with Crippen molar-refractivity contribution in [3.8, 4) is 5.69 Å². The molecular formula is C24H23ClN6O2S. The molecule has 3 aliphatic heterocycles. The van der Waals surface area contributed by atoms with E-state index in [0.29, 0.717) is 15.2 Å². The number of likely N-dealkylation sites (tertiary alicyclic amines) is 1. The first-order valence-electron chi connectivity index (χ1n) is 11.0. The molecule has 0 saturated carbocycles. The molecule has 1 fully saturated rings. The number of hydrogen-bond acceptors (Lipinski definition) is 5. The van der Waals surface area contributed by atoms with Gasteiger partial charge in [-0.25, -0.2) is 0 Å². The Kier molecular flexibility index (Phi) is 5.91. The van der Waals surface area contributed by atoms with Gasteiger partial charge in [0.05, 0.1) is 12.0 Å². The summed E-state index contributed by atoms with van der Waals surface area (Å²) in [5.41, 5.74) is 3.78. The fourth-order valence-electron chi connectivity index (χ4n) is 4.41. The van der Waals surface area contributed by atoms with Gasteiger partial charge in [0.25, 0.3) is 5.91 Å². The van der Waals surface area contributed by atoms with Gasteiger partial charge < -0.3 is 9.47 Å². The molecule has 1 aromatic carbocycles. The van der Waals surface area contributed by atoms with E-state index >= 15 is 0 Å². The standard InChI is InChI=1S/C24H23ClN6O2S/c1-14-10-16(15(2)30(14)18-7-5-6-17(25)12-18)11-19-22(26)31-24(27-23(19)33)34-20(28-31)13-21(32)29-8-3-4-9-29/h5-7,10-12,26H,3-4,8-9,13H2,1-2H3/b19-11-,26-22?. The number of aryl methyl sites for hydroxylation is 1. The molecule has 2 aromatic rings. The van der Waals surface area contributed by atoms with Crippen molar-refractivity contribution in [2.24, 2.45) is 10.1 Å². The molecule has 4 heterocycles. The lowest BCUT2D eigenvalue weighted by atomic mass is 10.1. The number of hydrazone groups is 1. The van der Waals surface area contributed by atoms with Crippen molar-refractivity contribution in [2.45, 2.75) is 33.1 Å². The zero-order valence-electron chi connectivity index (χ0n) is 18.8. The van der Waals surface area contributed by atoms with Gasteiger partial charge in [0.15, 0.2) is 5.84 Å². The maximum absolute atomic E-state index is 12.8. The molecule has 174 valence electrons. The molecule has 1 aromatic heterocycles. The second-order valence-electron chi connectivity index (χ2n) is 8.42. The fraction of sp³-hybridized carbons (Fsp3) is 0.292. The number of benzene rings is 1. The number of nitrogens with one attached hydrogen (secondary N) is 1. The van der Waals surface area contributed by atoms with Crippen LogP contribution < -0.4 is 0 Å². The van der Waals surface area contributed by atoms with E-state index in [2.05, 4.69) is 14.7 Å². The lowest BCUT2D eigenvalue weighted by Crippen LogP contribution is -2.35. The lowest BCUT2D eigenvalue weighted by molar-refractivity contribution is -0.128. The van der Waals surface area contributed by atoms with E-state index in [9.17, 15) is 9.59 Å².